The van der Waals surface area contributed by atoms with Gasteiger partial charge in [-0.1, -0.05) is 20.8 Å². The monoisotopic (exact) mass is 511 g/mol. The molecule has 0 saturated heterocycles. The zero-order valence-electron chi connectivity index (χ0n) is 22.0. The highest BCUT2D eigenvalue weighted by atomic mass is 19.1. The Morgan fingerprint density at radius 1 is 1.11 bits per heavy atom. The van der Waals surface area contributed by atoms with Gasteiger partial charge in [-0.25, -0.2) is 4.39 Å². The number of Topliss-reactive ketones (excluding diaryl/α,β-unsaturated/α-hetero) is 1. The van der Waals surface area contributed by atoms with Gasteiger partial charge in [-0.3, -0.25) is 10.2 Å². The fourth-order valence-corrected chi connectivity index (χ4v) is 4.14. The van der Waals surface area contributed by atoms with Crippen LogP contribution in [0.4, 0.5) is 4.39 Å². The van der Waals surface area contributed by atoms with E-state index in [1.54, 1.807) is 12.1 Å². The lowest BCUT2D eigenvalue weighted by atomic mass is 9.84. The number of alkyl halides is 1. The van der Waals surface area contributed by atoms with Gasteiger partial charge in [0.05, 0.1) is 32.4 Å². The number of hydrogen-bond acceptors (Lipinski definition) is 7. The van der Waals surface area contributed by atoms with Crippen LogP contribution in [0.5, 0.6) is 23.0 Å². The second-order valence-corrected chi connectivity index (χ2v) is 9.72. The van der Waals surface area contributed by atoms with Gasteiger partial charge in [0, 0.05) is 28.7 Å². The van der Waals surface area contributed by atoms with Crippen molar-refractivity contribution >= 4 is 11.6 Å². The third kappa shape index (κ3) is 5.96. The minimum atomic E-state index is -1.71. The molecular weight excluding hydrogens is 477 g/mol. The van der Waals surface area contributed by atoms with Crippen molar-refractivity contribution in [2.24, 2.45) is 0 Å². The molecule has 1 aliphatic rings. The van der Waals surface area contributed by atoms with E-state index in [0.717, 1.165) is 4.90 Å². The number of benzene rings is 2. The van der Waals surface area contributed by atoms with Crippen molar-refractivity contribution in [3.8, 4) is 29.1 Å². The van der Waals surface area contributed by atoms with Crippen LogP contribution in [0.25, 0.3) is 0 Å². The van der Waals surface area contributed by atoms with Gasteiger partial charge in [0.15, 0.2) is 28.8 Å². The van der Waals surface area contributed by atoms with Crippen molar-refractivity contribution in [3.05, 3.63) is 46.5 Å². The van der Waals surface area contributed by atoms with E-state index >= 15 is 4.39 Å². The van der Waals surface area contributed by atoms with Crippen LogP contribution < -0.4 is 14.2 Å². The molecule has 1 heterocycles. The Balaban J connectivity index is 1.91. The van der Waals surface area contributed by atoms with Crippen molar-refractivity contribution < 1.29 is 28.5 Å². The van der Waals surface area contributed by atoms with Gasteiger partial charge in [0.2, 0.25) is 6.30 Å². The number of unbranched alkanes of at least 4 members (excludes halogenated alkanes) is 1. The number of amidine groups is 1. The van der Waals surface area contributed by atoms with Gasteiger partial charge in [-0.15, -0.1) is 0 Å². The Kier molecular flexibility index (Phi) is 8.64. The summed E-state index contributed by atoms with van der Waals surface area (Å²) in [6, 6.07) is 8.16. The molecule has 2 aromatic rings. The van der Waals surface area contributed by atoms with Crippen LogP contribution in [-0.4, -0.2) is 48.0 Å². The molecule has 1 aliphatic heterocycles. The molecule has 1 atom stereocenters. The van der Waals surface area contributed by atoms with E-state index in [1.165, 1.54) is 12.1 Å². The predicted octanol–water partition coefficient (Wildman–Crippen LogP) is 5.66. The molecule has 1 unspecified atom stereocenters. The molecule has 198 valence electrons. The number of halogens is 1. The summed E-state index contributed by atoms with van der Waals surface area (Å²) >= 11 is 0. The molecule has 2 N–H and O–H groups in total. The van der Waals surface area contributed by atoms with Crippen LogP contribution in [0.15, 0.2) is 24.3 Å². The highest BCUT2D eigenvalue weighted by molar-refractivity contribution is 6.06. The van der Waals surface area contributed by atoms with Gasteiger partial charge in [-0.05, 0) is 49.9 Å². The van der Waals surface area contributed by atoms with Crippen molar-refractivity contribution in [1.29, 1.82) is 10.7 Å². The predicted molar refractivity (Wildman–Crippen MR) is 138 cm³/mol. The average molecular weight is 512 g/mol. The van der Waals surface area contributed by atoms with Gasteiger partial charge in [0.1, 0.15) is 5.84 Å². The summed E-state index contributed by atoms with van der Waals surface area (Å²) in [5, 5.41) is 28.1. The number of hydrogen-bond donors (Lipinski definition) is 2. The highest BCUT2D eigenvalue weighted by Crippen LogP contribution is 2.42. The topological polar surface area (TPSA) is 116 Å². The summed E-state index contributed by atoms with van der Waals surface area (Å²) in [7, 11) is 0. The van der Waals surface area contributed by atoms with Crippen LogP contribution in [0.2, 0.25) is 0 Å². The fraction of sp³-hybridized carbons (Fsp3) is 0.464. The van der Waals surface area contributed by atoms with Gasteiger partial charge in [-0.2, -0.15) is 5.26 Å². The lowest BCUT2D eigenvalue weighted by Gasteiger charge is -2.24. The first kappa shape index (κ1) is 27.8. The summed E-state index contributed by atoms with van der Waals surface area (Å²) in [5.74, 6) is 0.314. The molecule has 9 heteroatoms. The van der Waals surface area contributed by atoms with E-state index in [0.29, 0.717) is 48.7 Å². The van der Waals surface area contributed by atoms with Crippen molar-refractivity contribution in [2.75, 3.05) is 26.4 Å². The Morgan fingerprint density at radius 2 is 1.76 bits per heavy atom. The molecule has 0 amide bonds. The average Bonchev–Trinajstić information content (AvgIpc) is 3.06. The maximum absolute atomic E-state index is 15.5. The number of rotatable bonds is 11. The molecule has 3 rings (SSSR count). The summed E-state index contributed by atoms with van der Waals surface area (Å²) in [5.41, 5.74) is 0.824. The number of nitrogens with zero attached hydrogens (tertiary/aromatic N) is 2. The normalized spacial score (nSPS) is 14.8. The quantitative estimate of drug-likeness (QED) is 0.227. The SMILES string of the molecule is CCOc1cc2c(cc1OCC)C(F)N(CC(=O)c1cc(OCCCC#N)c(O)c(C(C)(C)C)c1)C2=N. The number of ether oxygens (including phenoxy) is 3. The fourth-order valence-electron chi connectivity index (χ4n) is 4.14. The van der Waals surface area contributed by atoms with Crippen molar-refractivity contribution in [1.82, 2.24) is 4.90 Å². The zero-order chi connectivity index (χ0) is 27.3. The van der Waals surface area contributed by atoms with E-state index < -0.39 is 17.5 Å². The standard InChI is InChI=1S/C28H34FN3O5/c1-6-35-22-14-18-19(15-23(22)36-7-2)27(31)32(26(18)29)16-21(33)17-12-20(28(3,4)5)25(34)24(13-17)37-11-9-8-10-30/h12-15,26,31,34H,6-9,11,16H2,1-5H3. The molecule has 37 heavy (non-hydrogen) atoms. The third-order valence-electron chi connectivity index (χ3n) is 6.00. The molecule has 0 fully saturated rings. The molecule has 0 saturated carbocycles. The number of carbonyl (C=O) groups excluding carboxylic acids is 1. The molecule has 0 bridgehead atoms. The number of nitrogens with one attached hydrogen (secondary N) is 1. The van der Waals surface area contributed by atoms with E-state index in [9.17, 15) is 9.90 Å². The minimum Gasteiger partial charge on any atom is -0.504 e. The first-order valence-corrected chi connectivity index (χ1v) is 12.4. The number of aromatic hydroxyl groups is 1. The van der Waals surface area contributed by atoms with Gasteiger partial charge >= 0.3 is 0 Å². The number of nitriles is 1. The van der Waals surface area contributed by atoms with E-state index in [4.69, 9.17) is 24.9 Å². The lowest BCUT2D eigenvalue weighted by molar-refractivity contribution is 0.0890. The first-order valence-electron chi connectivity index (χ1n) is 12.4. The van der Waals surface area contributed by atoms with Gasteiger partial charge < -0.3 is 24.2 Å². The Hall–Kier alpha value is -3.80. The van der Waals surface area contributed by atoms with E-state index in [2.05, 4.69) is 0 Å². The number of carbonyl (C=O) groups is 1. The van der Waals surface area contributed by atoms with Crippen LogP contribution in [0.1, 0.15) is 80.8 Å². The Labute approximate surface area is 217 Å². The van der Waals surface area contributed by atoms with Gasteiger partial charge in [0.25, 0.3) is 0 Å². The second-order valence-electron chi connectivity index (χ2n) is 9.72. The smallest absolute Gasteiger partial charge is 0.200 e. The van der Waals surface area contributed by atoms with Crippen LogP contribution in [0, 0.1) is 16.7 Å². The molecule has 8 nitrogen and oxygen atoms in total. The van der Waals surface area contributed by atoms with Crippen molar-refractivity contribution in [3.63, 3.8) is 0 Å². The summed E-state index contributed by atoms with van der Waals surface area (Å²) < 4.78 is 32.4. The second kappa shape index (κ2) is 11.5. The molecular formula is C28H34FN3O5. The summed E-state index contributed by atoms with van der Waals surface area (Å²) in [6.45, 7) is 9.88. The number of fused-ring (bicyclic) bond motifs is 1. The van der Waals surface area contributed by atoms with Crippen LogP contribution in [-0.2, 0) is 5.41 Å². The van der Waals surface area contributed by atoms with Crippen molar-refractivity contribution in [2.45, 2.75) is 59.2 Å². The molecule has 0 radical (unpaired) electrons. The largest absolute Gasteiger partial charge is 0.504 e. The summed E-state index contributed by atoms with van der Waals surface area (Å²) in [6.07, 6.45) is -0.932. The first-order chi connectivity index (χ1) is 17.5. The number of phenols is 1. The number of phenolic OH excluding ortho intramolecular Hbond substituents is 1. The molecule has 0 aromatic heterocycles. The zero-order valence-corrected chi connectivity index (χ0v) is 22.0. The maximum atomic E-state index is 15.5. The molecule has 0 aliphatic carbocycles. The maximum Gasteiger partial charge on any atom is 0.200 e. The lowest BCUT2D eigenvalue weighted by Crippen LogP contribution is -2.32. The minimum absolute atomic E-state index is 0.0717. The highest BCUT2D eigenvalue weighted by Gasteiger charge is 2.37. The summed E-state index contributed by atoms with van der Waals surface area (Å²) in [4.78, 5) is 14.5. The Bertz CT molecular complexity index is 1220. The number of ketones is 1. The Morgan fingerprint density at radius 3 is 2.35 bits per heavy atom. The molecule has 2 aromatic carbocycles. The van der Waals surface area contributed by atoms with Crippen LogP contribution in [0.3, 0.4) is 0 Å². The molecule has 0 spiro atoms. The van der Waals surface area contributed by atoms with E-state index in [-0.39, 0.29) is 41.6 Å². The van der Waals surface area contributed by atoms with Crippen LogP contribution >= 0.6 is 0 Å². The third-order valence-corrected chi connectivity index (χ3v) is 6.00. The van der Waals surface area contributed by atoms with E-state index in [1.807, 2.05) is 40.7 Å².